The van der Waals surface area contributed by atoms with E-state index in [2.05, 4.69) is 54.6 Å². The van der Waals surface area contributed by atoms with Gasteiger partial charge in [-0.3, -0.25) is 4.79 Å². The zero-order valence-corrected chi connectivity index (χ0v) is 31.4. The maximum atomic E-state index is 13.3. The number of alkyl halides is 23. The van der Waals surface area contributed by atoms with E-state index in [4.69, 9.17) is 4.42 Å². The Hall–Kier alpha value is -5.44. The Morgan fingerprint density at radius 3 is 1.12 bits per heavy atom. The average molecular weight is 995 g/mol. The van der Waals surface area contributed by atoms with Gasteiger partial charge in [-0.1, -0.05) is 48.5 Å². The third-order valence-corrected chi connectivity index (χ3v) is 11.1. The van der Waals surface area contributed by atoms with Crippen LogP contribution in [-0.2, 0) is 15.7 Å². The molecule has 4 nitrogen and oxygen atoms in total. The number of fused-ring (bicyclic) bond motifs is 2. The van der Waals surface area contributed by atoms with Gasteiger partial charge >= 0.3 is 65.4 Å². The van der Waals surface area contributed by atoms with Gasteiger partial charge in [0.15, 0.2) is 14.7 Å². The van der Waals surface area contributed by atoms with Gasteiger partial charge < -0.3 is 14.3 Å². The second kappa shape index (κ2) is 16.5. The van der Waals surface area contributed by atoms with Crippen molar-refractivity contribution in [3.05, 3.63) is 113 Å². The average Bonchev–Trinajstić information content (AvgIpc) is 3.21. The molecule has 0 radical (unpaired) electrons. The second-order valence-corrected chi connectivity index (χ2v) is 15.1. The van der Waals surface area contributed by atoms with Crippen LogP contribution in [0.3, 0.4) is 0 Å². The number of carboxylic acids is 1. The maximum absolute atomic E-state index is 13.3. The minimum Gasteiger partial charge on any atom is -0.544 e. The van der Waals surface area contributed by atoms with E-state index < -0.39 is 71.4 Å². The molecule has 356 valence electrons. The summed E-state index contributed by atoms with van der Waals surface area (Å²) in [6, 6.07) is 34.2. The van der Waals surface area contributed by atoms with Crippen LogP contribution in [0.2, 0.25) is 0 Å². The molecule has 5 aromatic rings. The van der Waals surface area contributed by atoms with Gasteiger partial charge in [-0.2, -0.15) is 101 Å². The minimum atomic E-state index is -9.52. The van der Waals surface area contributed by atoms with Gasteiger partial charge in [-0.05, 0) is 48.5 Å². The number of hydrogen-bond acceptors (Lipinski definition) is 4. The zero-order chi connectivity index (χ0) is 50.0. The number of rotatable bonds is 13. The van der Waals surface area contributed by atoms with E-state index in [0.717, 1.165) is 4.90 Å². The Kier molecular flexibility index (Phi) is 13.2. The lowest BCUT2D eigenvalue weighted by atomic mass is 9.85. The molecule has 0 atom stereocenters. The number of carboxylic acid groups (broad SMARTS) is 1. The summed E-state index contributed by atoms with van der Waals surface area (Å²) in [5.41, 5.74) is 1.26. The van der Waals surface area contributed by atoms with Crippen molar-refractivity contribution in [2.24, 2.45) is 0 Å². The lowest BCUT2D eigenvalue weighted by Gasteiger charge is -2.45. The van der Waals surface area contributed by atoms with Crippen LogP contribution >= 0.6 is 0 Å². The standard InChI is InChI=1S/C25H17O2S.C12HF23O2/c26-25-21-13-7-8-14-23(21)27-24-16-15-20(17-22(24)25)28(18-9-3-1-4-10-18)19-11-5-2-6-12-19;13-2(14,1(36)37)3(15,16)4(17,18)5(19,20)6(21,22)7(23,24)8(25,26)9(27,28)10(29,30)11(31,32)12(33,34)35/h1-17H;(H,36,37)/q+1;/p-1. The maximum Gasteiger partial charge on any atom is 0.460 e. The van der Waals surface area contributed by atoms with Gasteiger partial charge in [0.05, 0.1) is 21.7 Å². The Labute approximate surface area is 347 Å². The zero-order valence-electron chi connectivity index (χ0n) is 30.5. The van der Waals surface area contributed by atoms with Crippen molar-refractivity contribution < 1.29 is 115 Å². The summed E-state index contributed by atoms with van der Waals surface area (Å²) in [5, 5.41) is 11.0. The summed E-state index contributed by atoms with van der Waals surface area (Å²) in [6.45, 7) is 0. The molecule has 1 heterocycles. The second-order valence-electron chi connectivity index (χ2n) is 13.0. The van der Waals surface area contributed by atoms with E-state index in [1.165, 1.54) is 9.79 Å². The number of para-hydroxylation sites is 1. The monoisotopic (exact) mass is 994 g/mol. The van der Waals surface area contributed by atoms with Crippen LogP contribution in [0.5, 0.6) is 0 Å². The summed E-state index contributed by atoms with van der Waals surface area (Å²) in [4.78, 5) is 26.4. The Bertz CT molecular complexity index is 2540. The third-order valence-electron chi connectivity index (χ3n) is 8.90. The summed E-state index contributed by atoms with van der Waals surface area (Å²) in [5.74, 6) is -95.1. The number of aliphatic carboxylic acids is 1. The minimum absolute atomic E-state index is 0.0170. The van der Waals surface area contributed by atoms with Crippen LogP contribution in [0, 0.1) is 0 Å². The van der Waals surface area contributed by atoms with Crippen LogP contribution in [0.1, 0.15) is 0 Å². The highest BCUT2D eigenvalue weighted by atomic mass is 32.2. The molecule has 0 aliphatic heterocycles. The van der Waals surface area contributed by atoms with Crippen LogP contribution in [-0.4, -0.2) is 71.4 Å². The van der Waals surface area contributed by atoms with Gasteiger partial charge in [-0.15, -0.1) is 0 Å². The van der Waals surface area contributed by atoms with Crippen molar-refractivity contribution in [2.45, 2.75) is 80.1 Å². The quantitative estimate of drug-likeness (QED) is 0.0669. The summed E-state index contributed by atoms with van der Waals surface area (Å²) in [6.07, 6.45) is -8.14. The van der Waals surface area contributed by atoms with Gasteiger partial charge in [0, 0.05) is 6.07 Å². The van der Waals surface area contributed by atoms with E-state index in [-0.39, 0.29) is 16.3 Å². The first-order valence-electron chi connectivity index (χ1n) is 16.6. The molecule has 5 rings (SSSR count). The molecule has 0 saturated carbocycles. The topological polar surface area (TPSA) is 70.3 Å². The molecule has 0 N–H and O–H groups in total. The van der Waals surface area contributed by atoms with Gasteiger partial charge in [-0.25, -0.2) is 0 Å². The van der Waals surface area contributed by atoms with Gasteiger partial charge in [0.1, 0.15) is 17.1 Å². The SMILES string of the molecule is O=C([O-])C(F)(F)C(F)(F)C(F)(F)C(F)(F)C(F)(F)C(F)(F)C(F)(F)C(F)(F)C(F)(F)C(F)(F)C(F)(F)F.O=c1c2ccccc2oc2ccc([S+](c3ccccc3)c3ccccc3)cc12. The van der Waals surface area contributed by atoms with Crippen molar-refractivity contribution in [1.82, 2.24) is 0 Å². The van der Waals surface area contributed by atoms with Crippen molar-refractivity contribution in [1.29, 1.82) is 0 Å². The molecule has 28 heteroatoms. The number of halogens is 23. The van der Waals surface area contributed by atoms with E-state index in [1.807, 2.05) is 48.5 Å². The van der Waals surface area contributed by atoms with Crippen LogP contribution < -0.4 is 10.5 Å². The lowest BCUT2D eigenvalue weighted by Crippen LogP contribution is -2.78. The highest BCUT2D eigenvalue weighted by molar-refractivity contribution is 7.97. The predicted molar refractivity (Wildman–Crippen MR) is 176 cm³/mol. The van der Waals surface area contributed by atoms with E-state index in [1.54, 1.807) is 0 Å². The number of hydrogen-bond donors (Lipinski definition) is 0. The lowest BCUT2D eigenvalue weighted by molar-refractivity contribution is -0.479. The van der Waals surface area contributed by atoms with E-state index >= 15 is 0 Å². The molecule has 0 unspecified atom stereocenters. The highest BCUT2D eigenvalue weighted by Crippen LogP contribution is 2.67. The van der Waals surface area contributed by atoms with Crippen molar-refractivity contribution in [3.63, 3.8) is 0 Å². The molecule has 0 saturated heterocycles. The molecule has 4 aromatic carbocycles. The van der Waals surface area contributed by atoms with Crippen molar-refractivity contribution in [3.8, 4) is 0 Å². The van der Waals surface area contributed by atoms with Gasteiger partial charge in [0.25, 0.3) is 0 Å². The highest BCUT2D eigenvalue weighted by Gasteiger charge is 2.98. The summed E-state index contributed by atoms with van der Waals surface area (Å²) >= 11 is 0. The summed E-state index contributed by atoms with van der Waals surface area (Å²) < 4.78 is 303. The molecular weight excluding hydrogens is 977 g/mol. The first-order valence-corrected chi connectivity index (χ1v) is 17.8. The molecule has 0 bridgehead atoms. The van der Waals surface area contributed by atoms with Crippen LogP contribution in [0.15, 0.2) is 127 Å². The van der Waals surface area contributed by atoms with Crippen LogP contribution in [0.25, 0.3) is 21.9 Å². The molecule has 0 fully saturated rings. The van der Waals surface area contributed by atoms with Gasteiger partial charge in [0.2, 0.25) is 5.43 Å². The first-order chi connectivity index (χ1) is 29.3. The normalized spacial score (nSPS) is 14.4. The smallest absolute Gasteiger partial charge is 0.460 e. The fourth-order valence-corrected chi connectivity index (χ4v) is 7.43. The molecule has 1 aromatic heterocycles. The molecular formula is C37H17F23O4S. The molecule has 0 amide bonds. The Morgan fingerprint density at radius 2 is 0.738 bits per heavy atom. The molecule has 65 heavy (non-hydrogen) atoms. The fraction of sp³-hybridized carbons (Fsp3) is 0.297. The third kappa shape index (κ3) is 7.84. The Morgan fingerprint density at radius 1 is 0.400 bits per heavy atom. The summed E-state index contributed by atoms with van der Waals surface area (Å²) in [7, 11) is -0.293. The predicted octanol–water partition coefficient (Wildman–Crippen LogP) is 11.7. The van der Waals surface area contributed by atoms with Crippen LogP contribution in [0.4, 0.5) is 101 Å². The fourth-order valence-electron chi connectivity index (χ4n) is 5.31. The molecule has 0 spiro atoms. The van der Waals surface area contributed by atoms with Crippen molar-refractivity contribution in [2.75, 3.05) is 0 Å². The molecule has 0 aliphatic rings. The Balaban J connectivity index is 0.000000292. The first kappa shape index (κ1) is 52.2. The van der Waals surface area contributed by atoms with E-state index in [0.29, 0.717) is 21.9 Å². The largest absolute Gasteiger partial charge is 0.544 e. The van der Waals surface area contributed by atoms with E-state index in [9.17, 15) is 116 Å². The number of benzene rings is 4. The number of carbonyl (C=O) groups excluding carboxylic acids is 1. The number of carbonyl (C=O) groups is 1. The van der Waals surface area contributed by atoms with Crippen molar-refractivity contribution >= 4 is 38.8 Å². The molecule has 0 aliphatic carbocycles.